The molecule has 16 heteroatoms. The van der Waals surface area contributed by atoms with Crippen LogP contribution in [0.5, 0.6) is 5.75 Å². The number of fused-ring (bicyclic) bond motifs is 1. The lowest BCUT2D eigenvalue weighted by Gasteiger charge is -2.22. The van der Waals surface area contributed by atoms with E-state index in [0.717, 1.165) is 18.2 Å². The van der Waals surface area contributed by atoms with E-state index in [1.165, 1.54) is 24.3 Å². The second-order valence-corrected chi connectivity index (χ2v) is 8.86. The molecule has 0 unspecified atom stereocenters. The van der Waals surface area contributed by atoms with Crippen molar-refractivity contribution in [1.82, 2.24) is 19.7 Å². The average Bonchev–Trinajstić information content (AvgIpc) is 3.16. The highest BCUT2D eigenvalue weighted by Gasteiger charge is 2.31. The van der Waals surface area contributed by atoms with Gasteiger partial charge in [0.2, 0.25) is 12.2 Å². The van der Waals surface area contributed by atoms with Crippen LogP contribution in [0.1, 0.15) is 17.8 Å². The van der Waals surface area contributed by atoms with Gasteiger partial charge >= 0.3 is 12.5 Å². The summed E-state index contributed by atoms with van der Waals surface area (Å²) in [5.74, 6) is -0.615. The molecule has 1 atom stereocenters. The highest BCUT2D eigenvalue weighted by molar-refractivity contribution is 5.77. The summed E-state index contributed by atoms with van der Waals surface area (Å²) in [4.78, 5) is 23.1. The van der Waals surface area contributed by atoms with Crippen molar-refractivity contribution >= 4 is 12.2 Å². The third-order valence-electron chi connectivity index (χ3n) is 5.79. The number of alkyl halides is 6. The van der Waals surface area contributed by atoms with E-state index in [9.17, 15) is 39.9 Å². The molecule has 0 aliphatic carbocycles. The smallest absolute Gasteiger partial charge is 0.406 e. The van der Waals surface area contributed by atoms with E-state index >= 15 is 0 Å². The summed E-state index contributed by atoms with van der Waals surface area (Å²) in [7, 11) is 0. The molecule has 222 valence electrons. The molecule has 8 nitrogen and oxygen atoms in total. The predicted octanol–water partition coefficient (Wildman–Crippen LogP) is 4.21. The van der Waals surface area contributed by atoms with Crippen molar-refractivity contribution in [3.8, 4) is 17.1 Å². The summed E-state index contributed by atoms with van der Waals surface area (Å²) in [6.07, 6.45) is -10.1. The van der Waals surface area contributed by atoms with Crippen LogP contribution in [0.15, 0.2) is 42.5 Å². The first-order chi connectivity index (χ1) is 19.1. The molecule has 1 aliphatic heterocycles. The molecule has 2 heterocycles. The number of nitrogens with two attached hydrogens (primary N) is 1. The molecule has 1 amide bonds. The van der Waals surface area contributed by atoms with Gasteiger partial charge in [-0.2, -0.15) is 13.2 Å². The Hall–Kier alpha value is -4.08. The van der Waals surface area contributed by atoms with Gasteiger partial charge in [0.15, 0.2) is 5.82 Å². The number of benzene rings is 2. The van der Waals surface area contributed by atoms with E-state index in [-0.39, 0.29) is 30.1 Å². The number of hydrogen-bond acceptors (Lipinski definition) is 6. The van der Waals surface area contributed by atoms with Gasteiger partial charge in [0, 0.05) is 44.1 Å². The van der Waals surface area contributed by atoms with Crippen LogP contribution in [0.25, 0.3) is 11.4 Å². The summed E-state index contributed by atoms with van der Waals surface area (Å²) in [6, 6.07) is 7.73. The Labute approximate surface area is 227 Å². The first kappa shape index (κ1) is 31.4. The Bertz CT molecular complexity index is 1340. The number of nitrogens with zero attached hydrogens (tertiary/aromatic N) is 4. The Morgan fingerprint density at radius 2 is 1.66 bits per heavy atom. The summed E-state index contributed by atoms with van der Waals surface area (Å²) in [5.41, 5.74) is 6.71. The van der Waals surface area contributed by atoms with Gasteiger partial charge in [-0.25, -0.2) is 8.78 Å². The topological polar surface area (TPSA) is 103 Å². The molecule has 4 rings (SSSR count). The van der Waals surface area contributed by atoms with E-state index in [2.05, 4.69) is 14.9 Å². The molecular formula is C25H23F8N5O3. The summed E-state index contributed by atoms with van der Waals surface area (Å²) in [5, 5.41) is 8.32. The Morgan fingerprint density at radius 3 is 2.27 bits per heavy atom. The largest absolute Gasteiger partial charge is 0.573 e. The Balaban J connectivity index is 0.000000696. The van der Waals surface area contributed by atoms with Gasteiger partial charge in [0.25, 0.3) is 0 Å². The molecule has 0 saturated carbocycles. The molecule has 0 radical (unpaired) electrons. The highest BCUT2D eigenvalue weighted by Crippen LogP contribution is 2.27. The van der Waals surface area contributed by atoms with E-state index in [1.807, 2.05) is 4.57 Å². The zero-order chi connectivity index (χ0) is 30.4. The lowest BCUT2D eigenvalue weighted by molar-refractivity contribution is -0.274. The first-order valence-electron chi connectivity index (χ1n) is 11.9. The fraction of sp³-hybridized carbons (Fsp3) is 0.360. The van der Waals surface area contributed by atoms with Gasteiger partial charge < -0.3 is 19.9 Å². The van der Waals surface area contributed by atoms with Crippen LogP contribution < -0.4 is 10.5 Å². The highest BCUT2D eigenvalue weighted by atomic mass is 19.4. The van der Waals surface area contributed by atoms with Gasteiger partial charge in [-0.05, 0) is 54.4 Å². The van der Waals surface area contributed by atoms with Gasteiger partial charge in [0.05, 0.1) is 0 Å². The average molecular weight is 593 g/mol. The van der Waals surface area contributed by atoms with Crippen molar-refractivity contribution in [2.45, 2.75) is 44.4 Å². The molecule has 0 fully saturated rings. The summed E-state index contributed by atoms with van der Waals surface area (Å²) < 4.78 is 101. The van der Waals surface area contributed by atoms with Gasteiger partial charge in [-0.1, -0.05) is 0 Å². The van der Waals surface area contributed by atoms with Crippen LogP contribution in [-0.2, 0) is 29.0 Å². The SMILES string of the molecule is N[C@@H](CC(=O)N1CCc2nnc(-c3ccc(OC(F)(F)F)cc3)n2CC1)Cc1cc(F)ccc1F.O=CC(F)(F)F. The number of carbonyl (C=O) groups is 2. The Morgan fingerprint density at radius 1 is 1.00 bits per heavy atom. The number of amides is 1. The third kappa shape index (κ3) is 9.51. The number of halogens is 8. The van der Waals surface area contributed by atoms with Crippen molar-refractivity contribution in [3.05, 3.63) is 65.5 Å². The molecule has 41 heavy (non-hydrogen) atoms. The van der Waals surface area contributed by atoms with Crippen LogP contribution in [0.3, 0.4) is 0 Å². The minimum Gasteiger partial charge on any atom is -0.406 e. The molecule has 1 aromatic heterocycles. The zero-order valence-corrected chi connectivity index (χ0v) is 21.1. The first-order valence-corrected chi connectivity index (χ1v) is 11.9. The molecule has 0 spiro atoms. The molecule has 3 aromatic rings. The van der Waals surface area contributed by atoms with Crippen LogP contribution >= 0.6 is 0 Å². The van der Waals surface area contributed by atoms with Gasteiger partial charge in [-0.3, -0.25) is 9.59 Å². The fourth-order valence-electron chi connectivity index (χ4n) is 4.00. The minimum atomic E-state index is -4.78. The minimum absolute atomic E-state index is 0.0207. The number of aldehydes is 1. The van der Waals surface area contributed by atoms with E-state index in [0.29, 0.717) is 43.3 Å². The fourth-order valence-corrected chi connectivity index (χ4v) is 4.00. The molecular weight excluding hydrogens is 570 g/mol. The van der Waals surface area contributed by atoms with Crippen LogP contribution in [0.2, 0.25) is 0 Å². The number of hydrogen-bond donors (Lipinski definition) is 1. The summed E-state index contributed by atoms with van der Waals surface area (Å²) >= 11 is 0. The van der Waals surface area contributed by atoms with Crippen molar-refractivity contribution in [3.63, 3.8) is 0 Å². The van der Waals surface area contributed by atoms with Crippen molar-refractivity contribution in [2.75, 3.05) is 13.1 Å². The number of carbonyl (C=O) groups excluding carboxylic acids is 2. The van der Waals surface area contributed by atoms with E-state index in [4.69, 9.17) is 10.5 Å². The van der Waals surface area contributed by atoms with Crippen LogP contribution in [-0.4, -0.2) is 63.5 Å². The second kappa shape index (κ2) is 13.1. The van der Waals surface area contributed by atoms with Crippen LogP contribution in [0, 0.1) is 11.6 Å². The lowest BCUT2D eigenvalue weighted by atomic mass is 10.0. The summed E-state index contributed by atoms with van der Waals surface area (Å²) in [6.45, 7) is 1.08. The molecule has 0 saturated heterocycles. The molecule has 2 N–H and O–H groups in total. The van der Waals surface area contributed by atoms with Gasteiger partial charge in [-0.15, -0.1) is 23.4 Å². The third-order valence-corrected chi connectivity index (χ3v) is 5.79. The quantitative estimate of drug-likeness (QED) is 0.339. The maximum absolute atomic E-state index is 13.9. The maximum Gasteiger partial charge on any atom is 0.573 e. The van der Waals surface area contributed by atoms with Crippen molar-refractivity contribution in [2.24, 2.45) is 5.73 Å². The maximum atomic E-state index is 13.9. The monoisotopic (exact) mass is 593 g/mol. The normalized spacial score (nSPS) is 14.3. The van der Waals surface area contributed by atoms with Crippen molar-refractivity contribution < 1.29 is 49.4 Å². The molecule has 1 aliphatic rings. The number of aromatic nitrogens is 3. The lowest BCUT2D eigenvalue weighted by Crippen LogP contribution is -2.38. The number of rotatable bonds is 6. The van der Waals surface area contributed by atoms with Crippen LogP contribution in [0.4, 0.5) is 35.1 Å². The van der Waals surface area contributed by atoms with Crippen molar-refractivity contribution in [1.29, 1.82) is 0 Å². The number of ether oxygens (including phenoxy) is 1. The van der Waals surface area contributed by atoms with E-state index in [1.54, 1.807) is 4.90 Å². The molecule has 2 aromatic carbocycles. The Kier molecular flexibility index (Phi) is 10.0. The predicted molar refractivity (Wildman–Crippen MR) is 127 cm³/mol. The zero-order valence-electron chi connectivity index (χ0n) is 21.1. The van der Waals surface area contributed by atoms with E-state index < -0.39 is 36.5 Å². The standard InChI is InChI=1S/C23H22F5N5O2.C2HF3O/c24-16-3-6-19(25)15(11-16)12-17(29)13-21(34)32-8-7-20-30-31-22(33(20)10-9-32)14-1-4-18(5-2-14)35-23(26,27)28;3-2(4,5)1-6/h1-6,11,17H,7-10,12-13,29H2;1H/t17-;/m1./s1. The second-order valence-electron chi connectivity index (χ2n) is 8.86. The molecule has 0 bridgehead atoms. The van der Waals surface area contributed by atoms with Gasteiger partial charge in [0.1, 0.15) is 23.2 Å².